The maximum atomic E-state index is 11.7. The maximum absolute atomic E-state index is 11.7. The van der Waals surface area contributed by atoms with E-state index < -0.39 is 5.91 Å². The standard InChI is InChI=1S/C21H21N5O2/c1-13-2-3-16(12-23-13)19-8-9-22-21(25-19)24-18-7-6-14-4-5-15(20(27)26-28)10-17(14)11-18/h2-5,8-10,12,18,28H,6-7,11H2,1H3,(H,26,27)(H,22,24,25). The van der Waals surface area contributed by atoms with E-state index in [9.17, 15) is 4.79 Å². The van der Waals surface area contributed by atoms with Gasteiger partial charge in [-0.3, -0.25) is 15.0 Å². The highest BCUT2D eigenvalue weighted by Crippen LogP contribution is 2.25. The smallest absolute Gasteiger partial charge is 0.274 e. The van der Waals surface area contributed by atoms with Crippen molar-refractivity contribution in [2.45, 2.75) is 32.2 Å². The highest BCUT2D eigenvalue weighted by Gasteiger charge is 2.20. The molecule has 0 radical (unpaired) electrons. The quantitative estimate of drug-likeness (QED) is 0.479. The van der Waals surface area contributed by atoms with Crippen molar-refractivity contribution in [1.29, 1.82) is 0 Å². The topological polar surface area (TPSA) is 100 Å². The van der Waals surface area contributed by atoms with Crippen LogP contribution in [0.1, 0.15) is 33.6 Å². The van der Waals surface area contributed by atoms with Crippen LogP contribution in [0, 0.1) is 6.92 Å². The van der Waals surface area contributed by atoms with Crippen LogP contribution in [-0.2, 0) is 12.8 Å². The Morgan fingerprint density at radius 2 is 2.04 bits per heavy atom. The van der Waals surface area contributed by atoms with Crippen LogP contribution in [0.2, 0.25) is 0 Å². The van der Waals surface area contributed by atoms with E-state index in [-0.39, 0.29) is 6.04 Å². The van der Waals surface area contributed by atoms with Gasteiger partial charge < -0.3 is 5.32 Å². The molecule has 3 N–H and O–H groups in total. The molecule has 7 nitrogen and oxygen atoms in total. The normalized spacial score (nSPS) is 15.6. The number of nitrogens with one attached hydrogen (secondary N) is 2. The van der Waals surface area contributed by atoms with Gasteiger partial charge in [-0.05, 0) is 67.6 Å². The van der Waals surface area contributed by atoms with Gasteiger partial charge in [0.05, 0.1) is 5.69 Å². The molecule has 1 aromatic carbocycles. The molecule has 0 spiro atoms. The molecule has 1 aliphatic carbocycles. The molecule has 0 bridgehead atoms. The fourth-order valence-electron chi connectivity index (χ4n) is 3.48. The van der Waals surface area contributed by atoms with Crippen molar-refractivity contribution in [2.75, 3.05) is 5.32 Å². The summed E-state index contributed by atoms with van der Waals surface area (Å²) in [6.45, 7) is 1.95. The van der Waals surface area contributed by atoms with E-state index in [1.165, 1.54) is 5.56 Å². The molecule has 1 unspecified atom stereocenters. The summed E-state index contributed by atoms with van der Waals surface area (Å²) in [7, 11) is 0. The van der Waals surface area contributed by atoms with E-state index in [1.807, 2.05) is 43.5 Å². The van der Waals surface area contributed by atoms with Crippen LogP contribution in [0.3, 0.4) is 0 Å². The lowest BCUT2D eigenvalue weighted by atomic mass is 9.87. The van der Waals surface area contributed by atoms with E-state index in [1.54, 1.807) is 17.7 Å². The number of anilines is 1. The van der Waals surface area contributed by atoms with Gasteiger partial charge in [-0.25, -0.2) is 15.4 Å². The van der Waals surface area contributed by atoms with Gasteiger partial charge in [0.2, 0.25) is 5.95 Å². The second-order valence-electron chi connectivity index (χ2n) is 6.96. The molecule has 0 saturated heterocycles. The van der Waals surface area contributed by atoms with Gasteiger partial charge >= 0.3 is 0 Å². The Morgan fingerprint density at radius 3 is 2.82 bits per heavy atom. The summed E-state index contributed by atoms with van der Waals surface area (Å²) in [5, 5.41) is 12.3. The van der Waals surface area contributed by atoms with Crippen molar-refractivity contribution in [3.63, 3.8) is 0 Å². The molecule has 28 heavy (non-hydrogen) atoms. The molecule has 142 valence electrons. The van der Waals surface area contributed by atoms with Gasteiger partial charge in [-0.15, -0.1) is 0 Å². The first kappa shape index (κ1) is 18.1. The monoisotopic (exact) mass is 375 g/mol. The van der Waals surface area contributed by atoms with Crippen LogP contribution in [0.4, 0.5) is 5.95 Å². The van der Waals surface area contributed by atoms with Crippen LogP contribution in [0.5, 0.6) is 0 Å². The number of nitrogens with zero attached hydrogens (tertiary/aromatic N) is 3. The molecular weight excluding hydrogens is 354 g/mol. The van der Waals surface area contributed by atoms with Crippen molar-refractivity contribution in [1.82, 2.24) is 20.4 Å². The molecule has 2 aromatic heterocycles. The Hall–Kier alpha value is -3.32. The predicted octanol–water partition coefficient (Wildman–Crippen LogP) is 2.94. The molecule has 0 fully saturated rings. The Labute approximate surface area is 162 Å². The Kier molecular flexibility index (Phi) is 4.99. The predicted molar refractivity (Wildman–Crippen MR) is 105 cm³/mol. The average molecular weight is 375 g/mol. The van der Waals surface area contributed by atoms with Gasteiger partial charge in [-0.2, -0.15) is 0 Å². The zero-order valence-electron chi connectivity index (χ0n) is 15.5. The Morgan fingerprint density at radius 1 is 1.14 bits per heavy atom. The lowest BCUT2D eigenvalue weighted by Gasteiger charge is -2.26. The zero-order chi connectivity index (χ0) is 19.5. The third kappa shape index (κ3) is 3.84. The fraction of sp³-hybridized carbons (Fsp3) is 0.238. The third-order valence-electron chi connectivity index (χ3n) is 4.99. The summed E-state index contributed by atoms with van der Waals surface area (Å²) < 4.78 is 0. The summed E-state index contributed by atoms with van der Waals surface area (Å²) in [6, 6.07) is 11.5. The minimum atomic E-state index is -0.499. The molecule has 0 aliphatic heterocycles. The SMILES string of the molecule is Cc1ccc(-c2ccnc(NC3CCc4ccc(C(=O)NO)cc4C3)n2)cn1. The number of aromatic nitrogens is 3. The molecule has 1 atom stereocenters. The number of carbonyl (C=O) groups excluding carboxylic acids is 1. The number of pyridine rings is 1. The van der Waals surface area contributed by atoms with E-state index in [0.29, 0.717) is 11.5 Å². The second kappa shape index (κ2) is 7.74. The summed E-state index contributed by atoms with van der Waals surface area (Å²) in [5.41, 5.74) is 7.20. The number of carbonyl (C=O) groups is 1. The zero-order valence-corrected chi connectivity index (χ0v) is 15.5. The number of aryl methyl sites for hydroxylation is 2. The van der Waals surface area contributed by atoms with E-state index in [0.717, 1.165) is 41.8 Å². The second-order valence-corrected chi connectivity index (χ2v) is 6.96. The molecule has 1 aliphatic rings. The van der Waals surface area contributed by atoms with Crippen LogP contribution in [0.15, 0.2) is 48.8 Å². The van der Waals surface area contributed by atoms with Crippen molar-refractivity contribution in [2.24, 2.45) is 0 Å². The highest BCUT2D eigenvalue weighted by molar-refractivity contribution is 5.93. The number of hydroxylamine groups is 1. The number of hydrogen-bond donors (Lipinski definition) is 3. The first-order chi connectivity index (χ1) is 13.6. The van der Waals surface area contributed by atoms with E-state index in [2.05, 4.69) is 20.3 Å². The highest BCUT2D eigenvalue weighted by atomic mass is 16.5. The molecule has 3 aromatic rings. The van der Waals surface area contributed by atoms with Crippen molar-refractivity contribution in [3.05, 3.63) is 71.2 Å². The average Bonchev–Trinajstić information content (AvgIpc) is 2.73. The van der Waals surface area contributed by atoms with Crippen LogP contribution in [-0.4, -0.2) is 32.1 Å². The first-order valence-corrected chi connectivity index (χ1v) is 9.21. The van der Waals surface area contributed by atoms with E-state index >= 15 is 0 Å². The molecule has 1 amide bonds. The lowest BCUT2D eigenvalue weighted by molar-refractivity contribution is 0.0706. The Bertz CT molecular complexity index is 1000. The van der Waals surface area contributed by atoms with Gasteiger partial charge in [0.25, 0.3) is 5.91 Å². The number of hydrogen-bond acceptors (Lipinski definition) is 6. The number of rotatable bonds is 4. The largest absolute Gasteiger partial charge is 0.351 e. The van der Waals surface area contributed by atoms with Crippen molar-refractivity contribution >= 4 is 11.9 Å². The lowest BCUT2D eigenvalue weighted by Crippen LogP contribution is -2.29. The van der Waals surface area contributed by atoms with Gasteiger partial charge in [-0.1, -0.05) is 6.07 Å². The summed E-state index contributed by atoms with van der Waals surface area (Å²) in [6.07, 6.45) is 6.19. The molecule has 2 heterocycles. The maximum Gasteiger partial charge on any atom is 0.274 e. The molecule has 0 saturated carbocycles. The van der Waals surface area contributed by atoms with Gasteiger partial charge in [0.1, 0.15) is 0 Å². The summed E-state index contributed by atoms with van der Waals surface area (Å²) in [4.78, 5) is 25.0. The number of amides is 1. The molecular formula is C21H21N5O2. The minimum Gasteiger partial charge on any atom is -0.351 e. The third-order valence-corrected chi connectivity index (χ3v) is 4.99. The van der Waals surface area contributed by atoms with Gasteiger partial charge in [0.15, 0.2) is 0 Å². The minimum absolute atomic E-state index is 0.173. The number of fused-ring (bicyclic) bond motifs is 1. The molecule has 4 rings (SSSR count). The van der Waals surface area contributed by atoms with Crippen LogP contribution >= 0.6 is 0 Å². The summed E-state index contributed by atoms with van der Waals surface area (Å²) in [5.74, 6) is 0.0800. The van der Waals surface area contributed by atoms with Crippen LogP contribution < -0.4 is 10.8 Å². The first-order valence-electron chi connectivity index (χ1n) is 9.21. The summed E-state index contributed by atoms with van der Waals surface area (Å²) >= 11 is 0. The fourth-order valence-corrected chi connectivity index (χ4v) is 3.48. The van der Waals surface area contributed by atoms with Crippen molar-refractivity contribution < 1.29 is 10.0 Å². The Balaban J connectivity index is 1.50. The number of benzene rings is 1. The van der Waals surface area contributed by atoms with Gasteiger partial charge in [0, 0.05) is 35.3 Å². The van der Waals surface area contributed by atoms with E-state index in [4.69, 9.17) is 5.21 Å². The van der Waals surface area contributed by atoms with Crippen LogP contribution in [0.25, 0.3) is 11.3 Å². The van der Waals surface area contributed by atoms with Crippen molar-refractivity contribution in [3.8, 4) is 11.3 Å². The molecule has 7 heteroatoms.